The third-order valence-electron chi connectivity index (χ3n) is 2.55. The number of fused-ring (bicyclic) bond motifs is 1. The maximum absolute atomic E-state index is 11.2. The highest BCUT2D eigenvalue weighted by molar-refractivity contribution is 8.00. The van der Waals surface area contributed by atoms with Gasteiger partial charge in [0.25, 0.3) is 0 Å². The Hall–Kier alpha value is -0.560. The Morgan fingerprint density at radius 1 is 1.25 bits per heavy atom. The standard InChI is InChI=1S/C12H15O5P3/c13-12-4-2-8-1-3-9(5-11(8)16-12)14-6-10(7-15-18)17-20-19/h1-5,10,20H,6-7,18-19H2. The van der Waals surface area contributed by atoms with Crippen molar-refractivity contribution in [2.24, 2.45) is 0 Å². The topological polar surface area (TPSA) is 57.9 Å². The number of hydrogen-bond donors (Lipinski definition) is 0. The summed E-state index contributed by atoms with van der Waals surface area (Å²) >= 11 is 0. The summed E-state index contributed by atoms with van der Waals surface area (Å²) in [6.07, 6.45) is -0.151. The molecule has 4 atom stereocenters. The van der Waals surface area contributed by atoms with Crippen molar-refractivity contribution in [2.45, 2.75) is 6.10 Å². The second-order valence-electron chi connectivity index (χ2n) is 3.96. The van der Waals surface area contributed by atoms with E-state index in [-0.39, 0.29) is 20.2 Å². The van der Waals surface area contributed by atoms with Crippen molar-refractivity contribution in [1.29, 1.82) is 0 Å². The highest BCUT2D eigenvalue weighted by atomic mass is 32.0. The van der Waals surface area contributed by atoms with Crippen molar-refractivity contribution >= 4 is 37.9 Å². The van der Waals surface area contributed by atoms with E-state index in [0.29, 0.717) is 24.5 Å². The van der Waals surface area contributed by atoms with Gasteiger partial charge in [-0.2, -0.15) is 0 Å². The number of rotatable bonds is 7. The van der Waals surface area contributed by atoms with Gasteiger partial charge in [0, 0.05) is 35.5 Å². The lowest BCUT2D eigenvalue weighted by atomic mass is 10.2. The first kappa shape index (κ1) is 15.8. The van der Waals surface area contributed by atoms with E-state index >= 15 is 0 Å². The molecule has 0 radical (unpaired) electrons. The van der Waals surface area contributed by atoms with Crippen LogP contribution >= 0.6 is 26.9 Å². The van der Waals surface area contributed by atoms with E-state index in [4.69, 9.17) is 18.2 Å². The molecular weight excluding hydrogens is 317 g/mol. The van der Waals surface area contributed by atoms with Gasteiger partial charge in [-0.1, -0.05) is 8.93 Å². The molecule has 2 aromatic rings. The van der Waals surface area contributed by atoms with Crippen LogP contribution < -0.4 is 10.4 Å². The highest BCUT2D eigenvalue weighted by Crippen LogP contribution is 2.25. The van der Waals surface area contributed by atoms with Crippen LogP contribution in [-0.2, 0) is 9.05 Å². The predicted molar refractivity (Wildman–Crippen MR) is 86.5 cm³/mol. The molecule has 0 aliphatic heterocycles. The van der Waals surface area contributed by atoms with E-state index in [2.05, 4.69) is 18.4 Å². The van der Waals surface area contributed by atoms with Gasteiger partial charge in [0.2, 0.25) is 0 Å². The second kappa shape index (κ2) is 8.02. The summed E-state index contributed by atoms with van der Waals surface area (Å²) < 4.78 is 21.2. The smallest absolute Gasteiger partial charge is 0.336 e. The Kier molecular flexibility index (Phi) is 6.35. The van der Waals surface area contributed by atoms with Crippen molar-refractivity contribution in [1.82, 2.24) is 0 Å². The van der Waals surface area contributed by atoms with Gasteiger partial charge < -0.3 is 18.2 Å². The average Bonchev–Trinajstić information content (AvgIpc) is 2.44. The van der Waals surface area contributed by atoms with Crippen molar-refractivity contribution in [3.05, 3.63) is 40.8 Å². The molecule has 4 unspecified atom stereocenters. The summed E-state index contributed by atoms with van der Waals surface area (Å²) in [5.41, 5.74) is 0.124. The highest BCUT2D eigenvalue weighted by Gasteiger charge is 2.10. The summed E-state index contributed by atoms with van der Waals surface area (Å²) in [6, 6.07) is 8.46. The van der Waals surface area contributed by atoms with E-state index in [0.717, 1.165) is 5.39 Å². The first-order valence-corrected chi connectivity index (χ1v) is 9.01. The Balaban J connectivity index is 2.07. The number of hydrogen-bond acceptors (Lipinski definition) is 5. The quantitative estimate of drug-likeness (QED) is 0.576. The Bertz CT molecular complexity index is 609. The van der Waals surface area contributed by atoms with Gasteiger partial charge in [-0.05, 0) is 18.2 Å². The lowest BCUT2D eigenvalue weighted by molar-refractivity contribution is 0.105. The molecule has 0 aliphatic carbocycles. The minimum absolute atomic E-state index is 0.151. The van der Waals surface area contributed by atoms with Gasteiger partial charge in [-0.15, -0.1) is 0 Å². The van der Waals surface area contributed by atoms with Crippen LogP contribution in [0.3, 0.4) is 0 Å². The molecule has 1 heterocycles. The molecule has 2 rings (SSSR count). The first-order valence-electron chi connectivity index (χ1n) is 5.82. The molecule has 0 bridgehead atoms. The third kappa shape index (κ3) is 4.48. The van der Waals surface area contributed by atoms with Crippen molar-refractivity contribution in [3.63, 3.8) is 0 Å². The van der Waals surface area contributed by atoms with Gasteiger partial charge >= 0.3 is 5.63 Å². The van der Waals surface area contributed by atoms with Crippen LogP contribution in [0.15, 0.2) is 39.5 Å². The molecule has 108 valence electrons. The molecule has 0 saturated heterocycles. The van der Waals surface area contributed by atoms with Crippen LogP contribution in [0, 0.1) is 0 Å². The molecule has 0 fully saturated rings. The Labute approximate surface area is 122 Å². The van der Waals surface area contributed by atoms with Gasteiger partial charge in [-0.3, -0.25) is 0 Å². The molecule has 20 heavy (non-hydrogen) atoms. The largest absolute Gasteiger partial charge is 0.491 e. The van der Waals surface area contributed by atoms with Crippen LogP contribution in [-0.4, -0.2) is 19.3 Å². The summed E-state index contributed by atoms with van der Waals surface area (Å²) in [4.78, 5) is 11.2. The van der Waals surface area contributed by atoms with Crippen molar-refractivity contribution in [2.75, 3.05) is 13.2 Å². The van der Waals surface area contributed by atoms with Crippen LogP contribution in [0.1, 0.15) is 0 Å². The summed E-state index contributed by atoms with van der Waals surface area (Å²) in [6.45, 7) is 0.785. The number of ether oxygens (including phenoxy) is 1. The average molecular weight is 332 g/mol. The van der Waals surface area contributed by atoms with Crippen LogP contribution in [0.4, 0.5) is 0 Å². The van der Waals surface area contributed by atoms with Gasteiger partial charge in [-0.25, -0.2) is 4.79 Å². The molecule has 5 nitrogen and oxygen atoms in total. The first-order chi connectivity index (χ1) is 9.72. The lowest BCUT2D eigenvalue weighted by Gasteiger charge is -2.16. The van der Waals surface area contributed by atoms with Crippen LogP contribution in [0.2, 0.25) is 0 Å². The Morgan fingerprint density at radius 3 is 2.80 bits per heavy atom. The minimum Gasteiger partial charge on any atom is -0.491 e. The third-order valence-corrected chi connectivity index (χ3v) is 3.62. The van der Waals surface area contributed by atoms with Gasteiger partial charge in [0.05, 0.1) is 6.61 Å². The number of benzene rings is 1. The maximum Gasteiger partial charge on any atom is 0.336 e. The molecule has 1 aromatic heterocycles. The maximum atomic E-state index is 11.2. The summed E-state index contributed by atoms with van der Waals surface area (Å²) in [5.74, 6) is 0.622. The molecule has 8 heteroatoms. The molecular formula is C12H15O5P3. The molecule has 1 aromatic carbocycles. The van der Waals surface area contributed by atoms with Crippen LogP contribution in [0.25, 0.3) is 11.0 Å². The predicted octanol–water partition coefficient (Wildman–Crippen LogP) is 2.75. The molecule has 0 amide bonds. The van der Waals surface area contributed by atoms with E-state index in [1.54, 1.807) is 12.1 Å². The monoisotopic (exact) mass is 332 g/mol. The zero-order chi connectivity index (χ0) is 14.4. The fraction of sp³-hybridized carbons (Fsp3) is 0.250. The SMILES string of the molecule is O=c1ccc2ccc(OCC(COP)OPP)cc2o1. The second-order valence-corrected chi connectivity index (χ2v) is 5.47. The molecule has 0 N–H and O–H groups in total. The minimum atomic E-state index is -0.378. The van der Waals surface area contributed by atoms with Gasteiger partial charge in [0.1, 0.15) is 24.0 Å². The molecule has 0 spiro atoms. The summed E-state index contributed by atoms with van der Waals surface area (Å²) in [7, 11) is 4.99. The molecule has 0 aliphatic rings. The van der Waals surface area contributed by atoms with Crippen LogP contribution in [0.5, 0.6) is 5.75 Å². The lowest BCUT2D eigenvalue weighted by Crippen LogP contribution is -2.23. The van der Waals surface area contributed by atoms with Gasteiger partial charge in [0.15, 0.2) is 0 Å². The van der Waals surface area contributed by atoms with Crippen molar-refractivity contribution < 1.29 is 18.2 Å². The van der Waals surface area contributed by atoms with E-state index < -0.39 is 0 Å². The van der Waals surface area contributed by atoms with E-state index in [1.807, 2.05) is 12.1 Å². The zero-order valence-electron chi connectivity index (χ0n) is 10.6. The van der Waals surface area contributed by atoms with E-state index in [1.165, 1.54) is 6.07 Å². The van der Waals surface area contributed by atoms with Crippen molar-refractivity contribution in [3.8, 4) is 5.75 Å². The fourth-order valence-electron chi connectivity index (χ4n) is 1.64. The molecule has 0 saturated carbocycles. The fourth-order valence-corrected chi connectivity index (χ4v) is 2.76. The Morgan fingerprint density at radius 2 is 2.05 bits per heavy atom. The van der Waals surface area contributed by atoms with E-state index in [9.17, 15) is 4.79 Å². The normalized spacial score (nSPS) is 13.1. The zero-order valence-corrected chi connectivity index (χ0v) is 13.9. The summed E-state index contributed by atoms with van der Waals surface area (Å²) in [5, 5.41) is 0.851.